The number of rotatable bonds is 12. The van der Waals surface area contributed by atoms with Gasteiger partial charge in [-0.2, -0.15) is 0 Å². The van der Waals surface area contributed by atoms with E-state index in [2.05, 4.69) is 65.8 Å². The molecule has 0 radical (unpaired) electrons. The molecule has 2 aromatic carbocycles. The van der Waals surface area contributed by atoms with Crippen LogP contribution in [0.2, 0.25) is 0 Å². The molecule has 4 rings (SSSR count). The topological polar surface area (TPSA) is 43.5 Å². The fourth-order valence-corrected chi connectivity index (χ4v) is 5.28. The Kier molecular flexibility index (Phi) is 7.93. The largest absolute Gasteiger partial charge is 0.490 e. The SMILES string of the molecule is Cc1ccc(OCC2CO2)c(CC(C)C)c1Sc1c(C)ccc(OCC2CO2)c1CC(C)C. The number of epoxide rings is 2. The summed E-state index contributed by atoms with van der Waals surface area (Å²) in [5.41, 5.74) is 5.20. The van der Waals surface area contributed by atoms with Crippen molar-refractivity contribution in [3.05, 3.63) is 46.5 Å². The summed E-state index contributed by atoms with van der Waals surface area (Å²) < 4.78 is 23.2. The molecule has 2 heterocycles. The molecule has 2 saturated heterocycles. The highest BCUT2D eigenvalue weighted by Gasteiger charge is 2.26. The second-order valence-corrected chi connectivity index (χ2v) is 11.2. The summed E-state index contributed by atoms with van der Waals surface area (Å²) in [5, 5.41) is 0. The number of ether oxygens (including phenoxy) is 4. The van der Waals surface area contributed by atoms with Gasteiger partial charge < -0.3 is 18.9 Å². The van der Waals surface area contributed by atoms with Crippen LogP contribution in [0.4, 0.5) is 0 Å². The van der Waals surface area contributed by atoms with Crippen LogP contribution in [-0.4, -0.2) is 38.6 Å². The smallest absolute Gasteiger partial charge is 0.123 e. The standard InChI is InChI=1S/C28H38O4S/c1-17(2)11-23-25(31-15-21-13-29-21)9-7-19(5)27(23)33-28-20(6)8-10-26(24(28)12-18(3)4)32-16-22-14-30-22/h7-10,17-18,21-22H,11-16H2,1-6H3. The van der Waals surface area contributed by atoms with Gasteiger partial charge in [-0.1, -0.05) is 51.6 Å². The van der Waals surface area contributed by atoms with Crippen LogP contribution in [-0.2, 0) is 22.3 Å². The van der Waals surface area contributed by atoms with Crippen molar-refractivity contribution in [3.8, 4) is 11.5 Å². The van der Waals surface area contributed by atoms with Gasteiger partial charge >= 0.3 is 0 Å². The summed E-state index contributed by atoms with van der Waals surface area (Å²) in [5.74, 6) is 3.06. The van der Waals surface area contributed by atoms with Crippen molar-refractivity contribution < 1.29 is 18.9 Å². The Hall–Kier alpha value is -1.69. The highest BCUT2D eigenvalue weighted by atomic mass is 32.2. The van der Waals surface area contributed by atoms with E-state index in [4.69, 9.17) is 18.9 Å². The molecule has 2 unspecified atom stereocenters. The molecule has 33 heavy (non-hydrogen) atoms. The summed E-state index contributed by atoms with van der Waals surface area (Å²) in [6.07, 6.45) is 2.47. The molecule has 0 spiro atoms. The van der Waals surface area contributed by atoms with Gasteiger partial charge in [0.05, 0.1) is 13.2 Å². The molecular weight excluding hydrogens is 432 g/mol. The summed E-state index contributed by atoms with van der Waals surface area (Å²) in [4.78, 5) is 2.63. The van der Waals surface area contributed by atoms with Crippen LogP contribution in [0.1, 0.15) is 49.9 Å². The van der Waals surface area contributed by atoms with Gasteiger partial charge in [0.2, 0.25) is 0 Å². The predicted molar refractivity (Wildman–Crippen MR) is 134 cm³/mol. The van der Waals surface area contributed by atoms with Gasteiger partial charge in [0.15, 0.2) is 0 Å². The Bertz CT molecular complexity index is 883. The monoisotopic (exact) mass is 470 g/mol. The molecule has 2 fully saturated rings. The lowest BCUT2D eigenvalue weighted by Crippen LogP contribution is -2.10. The van der Waals surface area contributed by atoms with Crippen LogP contribution in [0.15, 0.2) is 34.1 Å². The van der Waals surface area contributed by atoms with E-state index in [-0.39, 0.29) is 12.2 Å². The maximum absolute atomic E-state index is 6.24. The van der Waals surface area contributed by atoms with E-state index in [9.17, 15) is 0 Å². The molecule has 0 aliphatic carbocycles. The van der Waals surface area contributed by atoms with Gasteiger partial charge in [0.1, 0.15) is 36.9 Å². The van der Waals surface area contributed by atoms with Gasteiger partial charge in [0, 0.05) is 20.9 Å². The highest BCUT2D eigenvalue weighted by molar-refractivity contribution is 7.99. The Morgan fingerprint density at radius 1 is 0.758 bits per heavy atom. The molecule has 2 aliphatic rings. The van der Waals surface area contributed by atoms with Crippen LogP contribution in [0, 0.1) is 25.7 Å². The fourth-order valence-electron chi connectivity index (χ4n) is 4.01. The third-order valence-electron chi connectivity index (χ3n) is 5.91. The summed E-state index contributed by atoms with van der Waals surface area (Å²) >= 11 is 1.88. The van der Waals surface area contributed by atoms with Crippen molar-refractivity contribution in [2.24, 2.45) is 11.8 Å². The minimum absolute atomic E-state index is 0.249. The van der Waals surface area contributed by atoms with E-state index in [1.807, 2.05) is 11.8 Å². The Morgan fingerprint density at radius 2 is 1.15 bits per heavy atom. The van der Waals surface area contributed by atoms with Gasteiger partial charge in [-0.3, -0.25) is 0 Å². The molecule has 0 amide bonds. The molecule has 2 atom stereocenters. The first kappa shape index (κ1) is 24.4. The van der Waals surface area contributed by atoms with Gasteiger partial charge in [0.25, 0.3) is 0 Å². The highest BCUT2D eigenvalue weighted by Crippen LogP contribution is 2.44. The minimum Gasteiger partial charge on any atom is -0.490 e. The van der Waals surface area contributed by atoms with Gasteiger partial charge in [-0.05, 0) is 61.8 Å². The number of aryl methyl sites for hydroxylation is 2. The molecule has 0 aromatic heterocycles. The average molecular weight is 471 g/mol. The molecule has 180 valence electrons. The van der Waals surface area contributed by atoms with Crippen LogP contribution >= 0.6 is 11.8 Å². The van der Waals surface area contributed by atoms with Crippen LogP contribution < -0.4 is 9.47 Å². The zero-order chi connectivity index (χ0) is 23.5. The second-order valence-electron chi connectivity index (χ2n) is 10.2. The first-order valence-corrected chi connectivity index (χ1v) is 13.0. The Labute approximate surface area is 203 Å². The number of hydrogen-bond donors (Lipinski definition) is 0. The second kappa shape index (κ2) is 10.7. The lowest BCUT2D eigenvalue weighted by Gasteiger charge is -2.22. The van der Waals surface area contributed by atoms with Gasteiger partial charge in [-0.25, -0.2) is 0 Å². The third kappa shape index (κ3) is 6.68. The minimum atomic E-state index is 0.249. The zero-order valence-corrected chi connectivity index (χ0v) is 21.7. The molecule has 0 saturated carbocycles. The van der Waals surface area contributed by atoms with E-state index < -0.39 is 0 Å². The van der Waals surface area contributed by atoms with E-state index in [1.165, 1.54) is 32.0 Å². The molecule has 0 N–H and O–H groups in total. The van der Waals surface area contributed by atoms with E-state index in [1.54, 1.807) is 0 Å². The number of benzene rings is 2. The summed E-state index contributed by atoms with van der Waals surface area (Å²) in [6, 6.07) is 8.65. The first-order valence-electron chi connectivity index (χ1n) is 12.2. The van der Waals surface area contributed by atoms with Crippen molar-refractivity contribution >= 4 is 11.8 Å². The Morgan fingerprint density at radius 3 is 1.48 bits per heavy atom. The lowest BCUT2D eigenvalue weighted by atomic mass is 9.99. The van der Waals surface area contributed by atoms with Crippen molar-refractivity contribution in [2.75, 3.05) is 26.4 Å². The van der Waals surface area contributed by atoms with E-state index in [0.29, 0.717) is 25.0 Å². The average Bonchev–Trinajstić information content (AvgIpc) is 3.66. The Balaban J connectivity index is 1.71. The van der Waals surface area contributed by atoms with Crippen LogP contribution in [0.3, 0.4) is 0 Å². The lowest BCUT2D eigenvalue weighted by molar-refractivity contribution is 0.259. The molecule has 2 aliphatic heterocycles. The predicted octanol–water partition coefficient (Wildman–Crippen LogP) is 6.41. The molecule has 0 bridgehead atoms. The zero-order valence-electron chi connectivity index (χ0n) is 20.9. The van der Waals surface area contributed by atoms with Crippen molar-refractivity contribution in [2.45, 2.75) is 76.4 Å². The summed E-state index contributed by atoms with van der Waals surface area (Å²) in [7, 11) is 0. The van der Waals surface area contributed by atoms with Crippen molar-refractivity contribution in [1.29, 1.82) is 0 Å². The first-order chi connectivity index (χ1) is 15.8. The summed E-state index contributed by atoms with van der Waals surface area (Å²) in [6.45, 7) is 16.4. The molecule has 2 aromatic rings. The molecule has 4 nitrogen and oxygen atoms in total. The third-order valence-corrected chi connectivity index (χ3v) is 7.46. The molecule has 5 heteroatoms. The van der Waals surface area contributed by atoms with E-state index in [0.717, 1.165) is 37.6 Å². The molecular formula is C28H38O4S. The van der Waals surface area contributed by atoms with E-state index >= 15 is 0 Å². The van der Waals surface area contributed by atoms with Crippen LogP contribution in [0.25, 0.3) is 0 Å². The quantitative estimate of drug-likeness (QED) is 0.336. The van der Waals surface area contributed by atoms with Crippen LogP contribution in [0.5, 0.6) is 11.5 Å². The number of hydrogen-bond acceptors (Lipinski definition) is 5. The maximum atomic E-state index is 6.24. The fraction of sp³-hybridized carbons (Fsp3) is 0.571. The maximum Gasteiger partial charge on any atom is 0.123 e. The normalized spacial score (nSPS) is 19.3. The van der Waals surface area contributed by atoms with Crippen molar-refractivity contribution in [3.63, 3.8) is 0 Å². The van der Waals surface area contributed by atoms with Crippen molar-refractivity contribution in [1.82, 2.24) is 0 Å². The van der Waals surface area contributed by atoms with Gasteiger partial charge in [-0.15, -0.1) is 0 Å².